The third-order valence-corrected chi connectivity index (χ3v) is 3.61. The Morgan fingerprint density at radius 1 is 0.567 bits per heavy atom. The molecule has 0 bridgehead atoms. The molecule has 2 atom stereocenters. The van der Waals surface area contributed by atoms with E-state index in [0.717, 1.165) is 0 Å². The average molecular weight is 433 g/mol. The first-order valence-corrected chi connectivity index (χ1v) is 10.1. The summed E-state index contributed by atoms with van der Waals surface area (Å²) in [7, 11) is 0. The maximum absolute atomic E-state index is 12.3. The van der Waals surface area contributed by atoms with Crippen molar-refractivity contribution in [2.75, 3.05) is 0 Å². The van der Waals surface area contributed by atoms with Crippen molar-refractivity contribution in [3.05, 3.63) is 0 Å². The highest BCUT2D eigenvalue weighted by molar-refractivity contribution is 5.63. The molecule has 0 spiro atoms. The highest BCUT2D eigenvalue weighted by atomic mass is 16.8. The Morgan fingerprint density at radius 3 is 1.17 bits per heavy atom. The quantitative estimate of drug-likeness (QED) is 0.443. The van der Waals surface area contributed by atoms with Crippen LogP contribution in [0.4, 0.5) is 14.4 Å². The van der Waals surface area contributed by atoms with Gasteiger partial charge in [-0.05, 0) is 81.6 Å². The van der Waals surface area contributed by atoms with Gasteiger partial charge in [0, 0.05) is 0 Å². The van der Waals surface area contributed by atoms with Crippen LogP contribution in [0.25, 0.3) is 0 Å². The van der Waals surface area contributed by atoms with Crippen molar-refractivity contribution in [3.8, 4) is 0 Å². The van der Waals surface area contributed by atoms with E-state index in [1.165, 1.54) is 0 Å². The molecule has 0 aliphatic heterocycles. The molecule has 30 heavy (non-hydrogen) atoms. The molecule has 0 N–H and O–H groups in total. The maximum atomic E-state index is 12.3. The van der Waals surface area contributed by atoms with E-state index < -0.39 is 53.6 Å². The van der Waals surface area contributed by atoms with Gasteiger partial charge in [0.05, 0.1) is 0 Å². The Kier molecular flexibility index (Phi) is 8.40. The van der Waals surface area contributed by atoms with Crippen molar-refractivity contribution in [1.82, 2.24) is 0 Å². The van der Waals surface area contributed by atoms with E-state index in [1.807, 2.05) is 0 Å². The minimum absolute atomic E-state index is 0.404. The standard InChI is InChI=1S/C21H36O9/c1-19(2,3)28-16(22)25-13-11-10-12-14(26-17(23)29-20(4,5)6)15(13)27-18(24)30-21(7,8)9/h13-15H,10-12H2,1-9H3. The summed E-state index contributed by atoms with van der Waals surface area (Å²) in [5.74, 6) is 0. The highest BCUT2D eigenvalue weighted by Crippen LogP contribution is 2.29. The lowest BCUT2D eigenvalue weighted by molar-refractivity contribution is -0.142. The second-order valence-electron chi connectivity index (χ2n) is 10.2. The zero-order valence-electron chi connectivity index (χ0n) is 19.5. The lowest BCUT2D eigenvalue weighted by Gasteiger charge is -2.36. The van der Waals surface area contributed by atoms with E-state index in [4.69, 9.17) is 28.4 Å². The summed E-state index contributed by atoms with van der Waals surface area (Å²) in [6.07, 6.45) is -4.16. The molecular weight excluding hydrogens is 396 g/mol. The van der Waals surface area contributed by atoms with Gasteiger partial charge in [-0.15, -0.1) is 0 Å². The number of carbonyl (C=O) groups excluding carboxylic acids is 3. The van der Waals surface area contributed by atoms with Gasteiger partial charge in [-0.25, -0.2) is 14.4 Å². The third kappa shape index (κ3) is 10.5. The molecule has 0 aromatic heterocycles. The van der Waals surface area contributed by atoms with Crippen molar-refractivity contribution in [3.63, 3.8) is 0 Å². The fraction of sp³-hybridized carbons (Fsp3) is 0.857. The zero-order chi connectivity index (χ0) is 23.3. The number of hydrogen-bond donors (Lipinski definition) is 0. The molecular formula is C21H36O9. The summed E-state index contributed by atoms with van der Waals surface area (Å²) in [6, 6.07) is 0. The zero-order valence-corrected chi connectivity index (χ0v) is 19.5. The van der Waals surface area contributed by atoms with Crippen LogP contribution in [0.2, 0.25) is 0 Å². The van der Waals surface area contributed by atoms with Gasteiger partial charge in [0.15, 0.2) is 6.10 Å². The first kappa shape index (κ1) is 25.8. The lowest BCUT2D eigenvalue weighted by Crippen LogP contribution is -2.49. The minimum atomic E-state index is -1.06. The predicted molar refractivity (Wildman–Crippen MR) is 107 cm³/mol. The van der Waals surface area contributed by atoms with E-state index in [0.29, 0.717) is 19.3 Å². The Morgan fingerprint density at radius 2 is 0.867 bits per heavy atom. The summed E-state index contributed by atoms with van der Waals surface area (Å²) in [6.45, 7) is 15.3. The van der Waals surface area contributed by atoms with Gasteiger partial charge in [0.25, 0.3) is 0 Å². The summed E-state index contributed by atoms with van der Waals surface area (Å²) in [5.41, 5.74) is -2.28. The van der Waals surface area contributed by atoms with Crippen molar-refractivity contribution in [2.45, 2.75) is 117 Å². The van der Waals surface area contributed by atoms with Gasteiger partial charge in [0.2, 0.25) is 0 Å². The lowest BCUT2D eigenvalue weighted by atomic mass is 9.91. The van der Waals surface area contributed by atoms with Crippen LogP contribution in [0.1, 0.15) is 81.6 Å². The van der Waals surface area contributed by atoms with E-state index in [1.54, 1.807) is 62.3 Å². The molecule has 0 saturated heterocycles. The molecule has 1 fully saturated rings. The third-order valence-electron chi connectivity index (χ3n) is 3.61. The fourth-order valence-corrected chi connectivity index (χ4v) is 2.67. The van der Waals surface area contributed by atoms with Crippen molar-refractivity contribution >= 4 is 18.5 Å². The van der Waals surface area contributed by atoms with Crippen molar-refractivity contribution in [2.24, 2.45) is 0 Å². The molecule has 1 aliphatic rings. The van der Waals surface area contributed by atoms with E-state index in [2.05, 4.69) is 0 Å². The molecule has 2 unspecified atom stereocenters. The van der Waals surface area contributed by atoms with Crippen molar-refractivity contribution < 1.29 is 42.8 Å². The van der Waals surface area contributed by atoms with Crippen LogP contribution in [0, 0.1) is 0 Å². The Labute approximate surface area is 178 Å². The Hall–Kier alpha value is -2.19. The highest BCUT2D eigenvalue weighted by Gasteiger charge is 2.43. The van der Waals surface area contributed by atoms with Crippen LogP contribution in [0.15, 0.2) is 0 Å². The molecule has 1 rings (SSSR count). The largest absolute Gasteiger partial charge is 0.509 e. The van der Waals surface area contributed by atoms with Crippen LogP contribution in [0.5, 0.6) is 0 Å². The summed E-state index contributed by atoms with van der Waals surface area (Å²) in [4.78, 5) is 36.6. The smallest absolute Gasteiger partial charge is 0.429 e. The van der Waals surface area contributed by atoms with Gasteiger partial charge in [-0.3, -0.25) is 0 Å². The predicted octanol–water partition coefficient (Wildman–Crippen LogP) is 5.13. The molecule has 0 heterocycles. The van der Waals surface area contributed by atoms with Crippen molar-refractivity contribution in [1.29, 1.82) is 0 Å². The van der Waals surface area contributed by atoms with Gasteiger partial charge >= 0.3 is 18.5 Å². The molecule has 174 valence electrons. The molecule has 0 aromatic carbocycles. The molecule has 0 amide bonds. The average Bonchev–Trinajstić information content (AvgIpc) is 2.44. The monoisotopic (exact) mass is 432 g/mol. The van der Waals surface area contributed by atoms with Crippen LogP contribution < -0.4 is 0 Å². The van der Waals surface area contributed by atoms with Crippen LogP contribution in [-0.4, -0.2) is 53.6 Å². The van der Waals surface area contributed by atoms with E-state index in [-0.39, 0.29) is 0 Å². The van der Waals surface area contributed by atoms with Gasteiger partial charge in [0.1, 0.15) is 29.0 Å². The molecule has 1 aliphatic carbocycles. The number of ether oxygens (including phenoxy) is 6. The van der Waals surface area contributed by atoms with Gasteiger partial charge in [-0.2, -0.15) is 0 Å². The SMILES string of the molecule is CC(C)(C)OC(=O)OC1CCCC(OC(=O)OC(C)(C)C)C1OC(=O)OC(C)(C)C. The Balaban J connectivity index is 2.96. The summed E-state index contributed by atoms with van der Waals surface area (Å²) < 4.78 is 31.8. The van der Waals surface area contributed by atoms with E-state index >= 15 is 0 Å². The van der Waals surface area contributed by atoms with Crippen LogP contribution >= 0.6 is 0 Å². The molecule has 0 aromatic rings. The number of carbonyl (C=O) groups is 3. The van der Waals surface area contributed by atoms with E-state index in [9.17, 15) is 14.4 Å². The number of hydrogen-bond acceptors (Lipinski definition) is 9. The first-order valence-electron chi connectivity index (χ1n) is 10.1. The van der Waals surface area contributed by atoms with Crippen LogP contribution in [-0.2, 0) is 28.4 Å². The topological polar surface area (TPSA) is 107 Å². The van der Waals surface area contributed by atoms with Gasteiger partial charge in [-0.1, -0.05) is 0 Å². The number of rotatable bonds is 3. The fourth-order valence-electron chi connectivity index (χ4n) is 2.67. The Bertz CT molecular complexity index is 569. The molecule has 9 nitrogen and oxygen atoms in total. The summed E-state index contributed by atoms with van der Waals surface area (Å²) in [5, 5.41) is 0. The normalized spacial score (nSPS) is 22.5. The molecule has 9 heteroatoms. The second-order valence-corrected chi connectivity index (χ2v) is 10.2. The molecule has 1 saturated carbocycles. The summed E-state index contributed by atoms with van der Waals surface area (Å²) >= 11 is 0. The second kappa shape index (κ2) is 9.75. The van der Waals surface area contributed by atoms with Crippen LogP contribution in [0.3, 0.4) is 0 Å². The van der Waals surface area contributed by atoms with Gasteiger partial charge < -0.3 is 28.4 Å². The minimum Gasteiger partial charge on any atom is -0.429 e. The molecule has 0 radical (unpaired) electrons. The maximum Gasteiger partial charge on any atom is 0.509 e. The first-order chi connectivity index (χ1) is 13.5.